The molecule has 1 heterocycles. The van der Waals surface area contributed by atoms with Crippen LogP contribution in [-0.2, 0) is 19.6 Å². The van der Waals surface area contributed by atoms with Crippen LogP contribution < -0.4 is 9.04 Å². The van der Waals surface area contributed by atoms with E-state index in [0.29, 0.717) is 31.9 Å². The van der Waals surface area contributed by atoms with Crippen LogP contribution in [0.5, 0.6) is 5.75 Å². The van der Waals surface area contributed by atoms with E-state index in [1.165, 1.54) is 13.2 Å². The number of nitrogens with zero attached hydrogens (tertiary/aromatic N) is 3. The molecule has 0 N–H and O–H groups in total. The molecule has 0 spiro atoms. The molecule has 0 radical (unpaired) electrons. The molecule has 1 aliphatic heterocycles. The molecule has 0 bridgehead atoms. The molecule has 2 amide bonds. The predicted octanol–water partition coefficient (Wildman–Crippen LogP) is 2.81. The van der Waals surface area contributed by atoms with E-state index in [2.05, 4.69) is 0 Å². The van der Waals surface area contributed by atoms with Crippen molar-refractivity contribution in [2.24, 2.45) is 0 Å². The van der Waals surface area contributed by atoms with E-state index in [-0.39, 0.29) is 29.7 Å². The molecule has 0 unspecified atom stereocenters. The van der Waals surface area contributed by atoms with Crippen molar-refractivity contribution in [3.8, 4) is 5.75 Å². The molecule has 1 fully saturated rings. The summed E-state index contributed by atoms with van der Waals surface area (Å²) in [5, 5.41) is 0. The predicted molar refractivity (Wildman–Crippen MR) is 129 cm³/mol. The van der Waals surface area contributed by atoms with Crippen LogP contribution in [0, 0.1) is 13.8 Å². The van der Waals surface area contributed by atoms with Crippen LogP contribution in [-0.4, -0.2) is 76.7 Å². The molecule has 3 rings (SSSR count). The summed E-state index contributed by atoms with van der Waals surface area (Å²) in [6.07, 6.45) is -0.412. The monoisotopic (exact) mass is 489 g/mol. The van der Waals surface area contributed by atoms with Gasteiger partial charge >= 0.3 is 6.09 Å². The molecule has 1 saturated heterocycles. The summed E-state index contributed by atoms with van der Waals surface area (Å²) in [4.78, 5) is 28.3. The Kier molecular flexibility index (Phi) is 8.03. The number of aryl methyl sites for hydroxylation is 2. The standard InChI is InChI=1S/C24H31N3O6S/c1-5-33-24(29)26-14-12-25(13-15-26)23(28)17-27(20-9-6-18(2)7-10-20)34(30,31)22-16-19(3)8-11-21(22)32-4/h6-11,16H,5,12-15,17H2,1-4H3. The van der Waals surface area contributed by atoms with Gasteiger partial charge in [0.2, 0.25) is 5.91 Å². The zero-order valence-corrected chi connectivity index (χ0v) is 20.8. The molecule has 0 aliphatic carbocycles. The maximum Gasteiger partial charge on any atom is 0.409 e. The van der Waals surface area contributed by atoms with E-state index < -0.39 is 16.1 Å². The van der Waals surface area contributed by atoms with Gasteiger partial charge in [-0.3, -0.25) is 9.10 Å². The number of sulfonamides is 1. The second kappa shape index (κ2) is 10.8. The largest absolute Gasteiger partial charge is 0.495 e. The van der Waals surface area contributed by atoms with E-state index >= 15 is 0 Å². The van der Waals surface area contributed by atoms with Gasteiger partial charge in [0.25, 0.3) is 10.0 Å². The summed E-state index contributed by atoms with van der Waals surface area (Å²) in [5.74, 6) is -0.141. The summed E-state index contributed by atoms with van der Waals surface area (Å²) in [6, 6.07) is 11.9. The van der Waals surface area contributed by atoms with Crippen molar-refractivity contribution in [1.82, 2.24) is 9.80 Å². The third kappa shape index (κ3) is 5.61. The maximum absolute atomic E-state index is 13.8. The first-order valence-electron chi connectivity index (χ1n) is 11.1. The van der Waals surface area contributed by atoms with Crippen molar-refractivity contribution in [1.29, 1.82) is 0 Å². The molecule has 9 nitrogen and oxygen atoms in total. The number of ether oxygens (including phenoxy) is 2. The lowest BCUT2D eigenvalue weighted by Crippen LogP contribution is -2.53. The molecule has 184 valence electrons. The molecule has 2 aromatic rings. The second-order valence-electron chi connectivity index (χ2n) is 8.07. The second-order valence-corrected chi connectivity index (χ2v) is 9.90. The molecule has 0 saturated carbocycles. The molecule has 2 aromatic carbocycles. The van der Waals surface area contributed by atoms with Crippen molar-refractivity contribution < 1.29 is 27.5 Å². The van der Waals surface area contributed by atoms with Crippen LogP contribution in [0.25, 0.3) is 0 Å². The van der Waals surface area contributed by atoms with Crippen LogP contribution in [0.2, 0.25) is 0 Å². The Morgan fingerprint density at radius 2 is 1.53 bits per heavy atom. The highest BCUT2D eigenvalue weighted by molar-refractivity contribution is 7.93. The molecule has 34 heavy (non-hydrogen) atoms. The highest BCUT2D eigenvalue weighted by atomic mass is 32.2. The summed E-state index contributed by atoms with van der Waals surface area (Å²) < 4.78 is 39.0. The molecule has 1 aliphatic rings. The van der Waals surface area contributed by atoms with Gasteiger partial charge in [0, 0.05) is 26.2 Å². The van der Waals surface area contributed by atoms with Crippen LogP contribution in [0.1, 0.15) is 18.1 Å². The minimum atomic E-state index is -4.12. The van der Waals surface area contributed by atoms with E-state index in [1.54, 1.807) is 60.0 Å². The van der Waals surface area contributed by atoms with Gasteiger partial charge in [-0.05, 0) is 50.6 Å². The number of rotatable bonds is 7. The fourth-order valence-corrected chi connectivity index (χ4v) is 5.36. The third-order valence-electron chi connectivity index (χ3n) is 5.65. The summed E-state index contributed by atoms with van der Waals surface area (Å²) >= 11 is 0. The third-order valence-corrected chi connectivity index (χ3v) is 7.44. The Morgan fingerprint density at radius 3 is 2.12 bits per heavy atom. The summed E-state index contributed by atoms with van der Waals surface area (Å²) in [7, 11) is -2.71. The van der Waals surface area contributed by atoms with Gasteiger partial charge < -0.3 is 19.3 Å². The molecule has 0 atom stereocenters. The van der Waals surface area contributed by atoms with Crippen molar-refractivity contribution in [2.75, 3.05) is 50.7 Å². The number of carbonyl (C=O) groups is 2. The Balaban J connectivity index is 1.88. The highest BCUT2D eigenvalue weighted by Gasteiger charge is 2.33. The number of hydrogen-bond donors (Lipinski definition) is 0. The van der Waals surface area contributed by atoms with Crippen molar-refractivity contribution in [2.45, 2.75) is 25.7 Å². The van der Waals surface area contributed by atoms with Gasteiger partial charge in [0.15, 0.2) is 0 Å². The number of carbonyl (C=O) groups excluding carboxylic acids is 2. The Labute approximate surface area is 200 Å². The average molecular weight is 490 g/mol. The number of methoxy groups -OCH3 is 1. The van der Waals surface area contributed by atoms with Gasteiger partial charge in [-0.25, -0.2) is 13.2 Å². The zero-order chi connectivity index (χ0) is 24.9. The number of piperazine rings is 1. The van der Waals surface area contributed by atoms with Gasteiger partial charge in [-0.1, -0.05) is 23.8 Å². The van der Waals surface area contributed by atoms with Gasteiger partial charge in [-0.2, -0.15) is 0 Å². The van der Waals surface area contributed by atoms with Gasteiger partial charge in [-0.15, -0.1) is 0 Å². The first-order chi connectivity index (χ1) is 16.2. The Morgan fingerprint density at radius 1 is 0.941 bits per heavy atom. The van der Waals surface area contributed by atoms with Crippen LogP contribution >= 0.6 is 0 Å². The van der Waals surface area contributed by atoms with Crippen LogP contribution in [0.4, 0.5) is 10.5 Å². The van der Waals surface area contributed by atoms with E-state index in [1.807, 2.05) is 6.92 Å². The number of anilines is 1. The Bertz CT molecular complexity index is 1130. The number of amides is 2. The molecule has 0 aromatic heterocycles. The minimum absolute atomic E-state index is 0.00416. The lowest BCUT2D eigenvalue weighted by Gasteiger charge is -2.35. The van der Waals surface area contributed by atoms with E-state index in [9.17, 15) is 18.0 Å². The first kappa shape index (κ1) is 25.4. The van der Waals surface area contributed by atoms with Gasteiger partial charge in [0.1, 0.15) is 17.2 Å². The number of benzene rings is 2. The molecular weight excluding hydrogens is 458 g/mol. The quantitative estimate of drug-likeness (QED) is 0.593. The highest BCUT2D eigenvalue weighted by Crippen LogP contribution is 2.31. The topological polar surface area (TPSA) is 96.5 Å². The lowest BCUT2D eigenvalue weighted by atomic mass is 10.2. The molecular formula is C24H31N3O6S. The average Bonchev–Trinajstić information content (AvgIpc) is 2.83. The SMILES string of the molecule is CCOC(=O)N1CCN(C(=O)CN(c2ccc(C)cc2)S(=O)(=O)c2cc(C)ccc2OC)CC1. The van der Waals surface area contributed by atoms with Crippen LogP contribution in [0.3, 0.4) is 0 Å². The van der Waals surface area contributed by atoms with E-state index in [0.717, 1.165) is 15.4 Å². The lowest BCUT2D eigenvalue weighted by molar-refractivity contribution is -0.131. The van der Waals surface area contributed by atoms with E-state index in [4.69, 9.17) is 9.47 Å². The van der Waals surface area contributed by atoms with Crippen molar-refractivity contribution >= 4 is 27.7 Å². The zero-order valence-electron chi connectivity index (χ0n) is 20.0. The maximum atomic E-state index is 13.8. The van der Waals surface area contributed by atoms with Crippen LogP contribution in [0.15, 0.2) is 47.4 Å². The number of hydrogen-bond acceptors (Lipinski definition) is 6. The minimum Gasteiger partial charge on any atom is -0.495 e. The first-order valence-corrected chi connectivity index (χ1v) is 12.5. The fourth-order valence-electron chi connectivity index (χ4n) is 3.71. The fraction of sp³-hybridized carbons (Fsp3) is 0.417. The normalized spacial score (nSPS) is 14.0. The smallest absolute Gasteiger partial charge is 0.409 e. The van der Waals surface area contributed by atoms with Crippen molar-refractivity contribution in [3.05, 3.63) is 53.6 Å². The van der Waals surface area contributed by atoms with Gasteiger partial charge in [0.05, 0.1) is 19.4 Å². The summed E-state index contributed by atoms with van der Waals surface area (Å²) in [5.41, 5.74) is 2.10. The van der Waals surface area contributed by atoms with Crippen molar-refractivity contribution in [3.63, 3.8) is 0 Å². The summed E-state index contributed by atoms with van der Waals surface area (Å²) in [6.45, 7) is 6.59. The molecule has 10 heteroatoms. The Hall–Kier alpha value is -3.27.